The number of para-hydroxylation sites is 1. The predicted molar refractivity (Wildman–Crippen MR) is 73.9 cm³/mol. The Morgan fingerprint density at radius 2 is 2.18 bits per heavy atom. The summed E-state index contributed by atoms with van der Waals surface area (Å²) in [4.78, 5) is 0. The van der Waals surface area contributed by atoms with Crippen molar-refractivity contribution in [3.05, 3.63) is 48.7 Å². The van der Waals surface area contributed by atoms with Gasteiger partial charge in [-0.2, -0.15) is 0 Å². The molecule has 0 saturated carbocycles. The zero-order chi connectivity index (χ0) is 12.1. The van der Waals surface area contributed by atoms with Gasteiger partial charge in [0.2, 0.25) is 0 Å². The molecule has 0 unspecified atom stereocenters. The molecule has 0 aliphatic heterocycles. The first kappa shape index (κ1) is 11.7. The van der Waals surface area contributed by atoms with Gasteiger partial charge < -0.3 is 15.1 Å². The van der Waals surface area contributed by atoms with E-state index >= 15 is 0 Å². The van der Waals surface area contributed by atoms with Gasteiger partial charge in [0, 0.05) is 11.9 Å². The highest BCUT2D eigenvalue weighted by molar-refractivity contribution is 7.80. The monoisotopic (exact) mass is 246 g/mol. The van der Waals surface area contributed by atoms with E-state index in [1.165, 1.54) is 0 Å². The quantitative estimate of drug-likeness (QED) is 0.642. The molecule has 1 heterocycles. The minimum atomic E-state index is 0.581. The Morgan fingerprint density at radius 3 is 2.94 bits per heavy atom. The first-order valence-electron chi connectivity index (χ1n) is 5.39. The van der Waals surface area contributed by atoms with Gasteiger partial charge in [-0.25, -0.2) is 0 Å². The third-order valence-electron chi connectivity index (χ3n) is 2.31. The van der Waals surface area contributed by atoms with Crippen molar-refractivity contribution in [1.29, 1.82) is 0 Å². The van der Waals surface area contributed by atoms with Crippen molar-refractivity contribution in [2.75, 3.05) is 6.54 Å². The van der Waals surface area contributed by atoms with E-state index in [0.29, 0.717) is 18.2 Å². The summed E-state index contributed by atoms with van der Waals surface area (Å²) in [5.74, 6) is 0.869. The summed E-state index contributed by atoms with van der Waals surface area (Å²) in [6, 6.07) is 9.94. The standard InChI is InChI=1S/C13H14N2OS/c1-2-7-14-13(17)15-9-11-8-10-5-3-4-6-12(10)16-11/h2-6,8H,1,7,9H2,(H2,14,15,17). The average Bonchev–Trinajstić information content (AvgIpc) is 2.76. The van der Waals surface area contributed by atoms with Crippen LogP contribution in [0.1, 0.15) is 5.76 Å². The third-order valence-corrected chi connectivity index (χ3v) is 2.60. The normalized spacial score (nSPS) is 10.1. The molecule has 88 valence electrons. The molecular weight excluding hydrogens is 232 g/mol. The van der Waals surface area contributed by atoms with Gasteiger partial charge >= 0.3 is 0 Å². The van der Waals surface area contributed by atoms with Gasteiger partial charge in [0.05, 0.1) is 6.54 Å². The Labute approximate surface area is 106 Å². The fraction of sp³-hybridized carbons (Fsp3) is 0.154. The van der Waals surface area contributed by atoms with E-state index in [1.54, 1.807) is 6.08 Å². The molecule has 0 atom stereocenters. The number of hydrogen-bond donors (Lipinski definition) is 2. The molecule has 17 heavy (non-hydrogen) atoms. The lowest BCUT2D eigenvalue weighted by atomic mass is 10.2. The average molecular weight is 246 g/mol. The molecule has 0 bridgehead atoms. The molecule has 0 fully saturated rings. The largest absolute Gasteiger partial charge is 0.459 e. The molecular formula is C13H14N2OS. The predicted octanol–water partition coefficient (Wildman–Crippen LogP) is 2.58. The topological polar surface area (TPSA) is 37.2 Å². The fourth-order valence-electron chi connectivity index (χ4n) is 1.52. The van der Waals surface area contributed by atoms with Crippen LogP contribution in [-0.4, -0.2) is 11.7 Å². The second-order valence-corrected chi connectivity index (χ2v) is 4.01. The summed E-state index contributed by atoms with van der Waals surface area (Å²) < 4.78 is 5.65. The van der Waals surface area contributed by atoms with E-state index in [1.807, 2.05) is 30.3 Å². The molecule has 4 heteroatoms. The molecule has 0 aliphatic rings. The van der Waals surface area contributed by atoms with Crippen molar-refractivity contribution >= 4 is 28.3 Å². The lowest BCUT2D eigenvalue weighted by molar-refractivity contribution is 0.540. The second kappa shape index (κ2) is 5.50. The summed E-state index contributed by atoms with van der Waals surface area (Å²) in [6.45, 7) is 4.85. The van der Waals surface area contributed by atoms with Gasteiger partial charge in [0.25, 0.3) is 0 Å². The first-order chi connectivity index (χ1) is 8.29. The molecule has 0 spiro atoms. The number of furan rings is 1. The Balaban J connectivity index is 1.94. The third kappa shape index (κ3) is 3.07. The van der Waals surface area contributed by atoms with E-state index in [0.717, 1.165) is 16.7 Å². The van der Waals surface area contributed by atoms with Crippen molar-refractivity contribution < 1.29 is 4.42 Å². The summed E-state index contributed by atoms with van der Waals surface area (Å²) in [5, 5.41) is 7.78. The van der Waals surface area contributed by atoms with Gasteiger partial charge in [-0.15, -0.1) is 6.58 Å². The zero-order valence-electron chi connectivity index (χ0n) is 9.40. The SMILES string of the molecule is C=CCNC(=S)NCc1cc2ccccc2o1. The molecule has 0 saturated heterocycles. The maximum Gasteiger partial charge on any atom is 0.166 e. The van der Waals surface area contributed by atoms with Crippen molar-refractivity contribution in [3.8, 4) is 0 Å². The first-order valence-corrected chi connectivity index (χ1v) is 5.80. The van der Waals surface area contributed by atoms with Gasteiger partial charge in [-0.3, -0.25) is 0 Å². The summed E-state index contributed by atoms with van der Waals surface area (Å²) >= 11 is 5.09. The number of nitrogens with one attached hydrogen (secondary N) is 2. The summed E-state index contributed by atoms with van der Waals surface area (Å²) in [7, 11) is 0. The van der Waals surface area contributed by atoms with Crippen LogP contribution >= 0.6 is 12.2 Å². The Kier molecular flexibility index (Phi) is 3.77. The number of rotatable bonds is 4. The van der Waals surface area contributed by atoms with Crippen LogP contribution in [0, 0.1) is 0 Å². The number of benzene rings is 1. The number of fused-ring (bicyclic) bond motifs is 1. The van der Waals surface area contributed by atoms with Crippen molar-refractivity contribution in [1.82, 2.24) is 10.6 Å². The summed E-state index contributed by atoms with van der Waals surface area (Å²) in [6.07, 6.45) is 1.76. The van der Waals surface area contributed by atoms with E-state index in [9.17, 15) is 0 Å². The molecule has 0 radical (unpaired) electrons. The number of hydrogen-bond acceptors (Lipinski definition) is 2. The molecule has 2 N–H and O–H groups in total. The number of thiocarbonyl (C=S) groups is 1. The van der Waals surface area contributed by atoms with Crippen molar-refractivity contribution in [2.24, 2.45) is 0 Å². The van der Waals surface area contributed by atoms with Gasteiger partial charge in [-0.1, -0.05) is 24.3 Å². The molecule has 0 aliphatic carbocycles. The van der Waals surface area contributed by atoms with Crippen LogP contribution in [0.3, 0.4) is 0 Å². The summed E-state index contributed by atoms with van der Waals surface area (Å²) in [5.41, 5.74) is 0.897. The maximum atomic E-state index is 5.65. The van der Waals surface area contributed by atoms with E-state index in [-0.39, 0.29) is 0 Å². The Morgan fingerprint density at radius 1 is 1.35 bits per heavy atom. The fourth-order valence-corrected chi connectivity index (χ4v) is 1.67. The van der Waals surface area contributed by atoms with Crippen LogP contribution in [0.5, 0.6) is 0 Å². The van der Waals surface area contributed by atoms with Crippen LogP contribution in [0.2, 0.25) is 0 Å². The van der Waals surface area contributed by atoms with Crippen LogP contribution in [0.15, 0.2) is 47.4 Å². The highest BCUT2D eigenvalue weighted by Crippen LogP contribution is 2.18. The van der Waals surface area contributed by atoms with Crippen molar-refractivity contribution in [3.63, 3.8) is 0 Å². The molecule has 1 aromatic carbocycles. The van der Waals surface area contributed by atoms with Gasteiger partial charge in [0.1, 0.15) is 11.3 Å². The van der Waals surface area contributed by atoms with Gasteiger partial charge in [0.15, 0.2) is 5.11 Å². The molecule has 0 amide bonds. The van der Waals surface area contributed by atoms with Crippen molar-refractivity contribution in [2.45, 2.75) is 6.54 Å². The highest BCUT2D eigenvalue weighted by atomic mass is 32.1. The van der Waals surface area contributed by atoms with Crippen LogP contribution in [-0.2, 0) is 6.54 Å². The van der Waals surface area contributed by atoms with Crippen LogP contribution in [0.25, 0.3) is 11.0 Å². The Bertz CT molecular complexity index is 500. The zero-order valence-corrected chi connectivity index (χ0v) is 10.2. The molecule has 3 nitrogen and oxygen atoms in total. The lowest BCUT2D eigenvalue weighted by Gasteiger charge is -2.06. The smallest absolute Gasteiger partial charge is 0.166 e. The molecule has 2 aromatic rings. The van der Waals surface area contributed by atoms with Crippen LogP contribution < -0.4 is 10.6 Å². The van der Waals surface area contributed by atoms with Crippen LogP contribution in [0.4, 0.5) is 0 Å². The van der Waals surface area contributed by atoms with E-state index < -0.39 is 0 Å². The molecule has 2 rings (SSSR count). The van der Waals surface area contributed by atoms with E-state index in [2.05, 4.69) is 17.2 Å². The minimum absolute atomic E-state index is 0.581. The van der Waals surface area contributed by atoms with Gasteiger partial charge in [-0.05, 0) is 24.4 Å². The molecule has 1 aromatic heterocycles. The van der Waals surface area contributed by atoms with E-state index in [4.69, 9.17) is 16.6 Å². The highest BCUT2D eigenvalue weighted by Gasteiger charge is 2.02. The Hall–Kier alpha value is -1.81. The minimum Gasteiger partial charge on any atom is -0.459 e. The lowest BCUT2D eigenvalue weighted by Crippen LogP contribution is -2.34. The maximum absolute atomic E-state index is 5.65. The second-order valence-electron chi connectivity index (χ2n) is 3.60.